The van der Waals surface area contributed by atoms with Crippen molar-refractivity contribution in [1.29, 1.82) is 0 Å². The van der Waals surface area contributed by atoms with E-state index >= 15 is 0 Å². The minimum atomic E-state index is 0.562. The highest BCUT2D eigenvalue weighted by atomic mass is 14.9. The molecule has 3 nitrogen and oxygen atoms in total. The van der Waals surface area contributed by atoms with Gasteiger partial charge in [0.25, 0.3) is 0 Å². The van der Waals surface area contributed by atoms with Crippen LogP contribution in [-0.4, -0.2) is 25.7 Å². The van der Waals surface area contributed by atoms with E-state index < -0.39 is 0 Å². The predicted molar refractivity (Wildman–Crippen MR) is 44.8 cm³/mol. The lowest BCUT2D eigenvalue weighted by molar-refractivity contribution is 0.508. The molecule has 0 aliphatic rings. The Hall–Kier alpha value is -0.120. The second-order valence-electron chi connectivity index (χ2n) is 2.57. The van der Waals surface area contributed by atoms with E-state index in [0.29, 0.717) is 12.6 Å². The van der Waals surface area contributed by atoms with Gasteiger partial charge in [0, 0.05) is 19.1 Å². The van der Waals surface area contributed by atoms with Crippen LogP contribution in [0.3, 0.4) is 0 Å². The van der Waals surface area contributed by atoms with Crippen molar-refractivity contribution >= 4 is 0 Å². The Kier molecular flexibility index (Phi) is 6.91. The molecular weight excluding hydrogens is 126 g/mol. The zero-order valence-electron chi connectivity index (χ0n) is 6.77. The lowest BCUT2D eigenvalue weighted by Crippen LogP contribution is -2.31. The van der Waals surface area contributed by atoms with E-state index in [-0.39, 0.29) is 0 Å². The Morgan fingerprint density at radius 1 is 1.30 bits per heavy atom. The number of nitrogens with one attached hydrogen (secondary N) is 1. The fourth-order valence-electron chi connectivity index (χ4n) is 0.856. The standard InChI is InChI=1S/C7H19N3/c1-7(3-2-4-8)10-6-5-9/h7,10H,2-6,8-9H2,1H3. The minimum absolute atomic E-state index is 0.562. The highest BCUT2D eigenvalue weighted by Gasteiger charge is 1.97. The highest BCUT2D eigenvalue weighted by Crippen LogP contribution is 1.92. The summed E-state index contributed by atoms with van der Waals surface area (Å²) in [7, 11) is 0. The molecule has 10 heavy (non-hydrogen) atoms. The van der Waals surface area contributed by atoms with E-state index in [1.807, 2.05) is 0 Å². The molecule has 0 saturated heterocycles. The Balaban J connectivity index is 3.00. The molecule has 1 unspecified atom stereocenters. The van der Waals surface area contributed by atoms with E-state index in [2.05, 4.69) is 12.2 Å². The Morgan fingerprint density at radius 3 is 2.50 bits per heavy atom. The summed E-state index contributed by atoms with van der Waals surface area (Å²) < 4.78 is 0. The summed E-state index contributed by atoms with van der Waals surface area (Å²) >= 11 is 0. The summed E-state index contributed by atoms with van der Waals surface area (Å²) in [6.07, 6.45) is 2.25. The molecule has 0 radical (unpaired) electrons. The SMILES string of the molecule is CC(CCCN)NCCN. The largest absolute Gasteiger partial charge is 0.330 e. The van der Waals surface area contributed by atoms with Gasteiger partial charge in [-0.15, -0.1) is 0 Å². The molecule has 0 aromatic heterocycles. The molecule has 0 saturated carbocycles. The van der Waals surface area contributed by atoms with Crippen LogP contribution in [0.25, 0.3) is 0 Å². The van der Waals surface area contributed by atoms with Gasteiger partial charge in [-0.05, 0) is 26.3 Å². The molecule has 0 bridgehead atoms. The van der Waals surface area contributed by atoms with Gasteiger partial charge in [-0.3, -0.25) is 0 Å². The third-order valence-electron chi connectivity index (χ3n) is 1.48. The van der Waals surface area contributed by atoms with Crippen molar-refractivity contribution < 1.29 is 0 Å². The molecule has 0 rings (SSSR count). The first-order chi connectivity index (χ1) is 4.81. The Bertz CT molecular complexity index is 57.9. The summed E-state index contributed by atoms with van der Waals surface area (Å²) in [6, 6.07) is 0.562. The van der Waals surface area contributed by atoms with Gasteiger partial charge in [0.05, 0.1) is 0 Å². The third-order valence-corrected chi connectivity index (χ3v) is 1.48. The smallest absolute Gasteiger partial charge is 0.00769 e. The molecule has 1 atom stereocenters. The maximum atomic E-state index is 5.35. The fourth-order valence-corrected chi connectivity index (χ4v) is 0.856. The Labute approximate surface area is 63.2 Å². The maximum absolute atomic E-state index is 5.35. The molecule has 0 aliphatic carbocycles. The van der Waals surface area contributed by atoms with Crippen molar-refractivity contribution in [2.24, 2.45) is 11.5 Å². The fraction of sp³-hybridized carbons (Fsp3) is 1.00. The quantitative estimate of drug-likeness (QED) is 0.479. The predicted octanol–water partition coefficient (Wildman–Crippen LogP) is -0.338. The first-order valence-corrected chi connectivity index (χ1v) is 3.94. The van der Waals surface area contributed by atoms with Crippen molar-refractivity contribution in [2.45, 2.75) is 25.8 Å². The minimum Gasteiger partial charge on any atom is -0.330 e. The lowest BCUT2D eigenvalue weighted by Gasteiger charge is -2.11. The average Bonchev–Trinajstić information content (AvgIpc) is 1.97. The molecular formula is C7H19N3. The van der Waals surface area contributed by atoms with Crippen molar-refractivity contribution in [3.8, 4) is 0 Å². The maximum Gasteiger partial charge on any atom is 0.00769 e. The molecule has 3 heteroatoms. The van der Waals surface area contributed by atoms with Gasteiger partial charge in [0.2, 0.25) is 0 Å². The van der Waals surface area contributed by atoms with E-state index in [9.17, 15) is 0 Å². The molecule has 0 aromatic carbocycles. The van der Waals surface area contributed by atoms with Crippen LogP contribution in [0.5, 0.6) is 0 Å². The van der Waals surface area contributed by atoms with Gasteiger partial charge in [-0.1, -0.05) is 0 Å². The highest BCUT2D eigenvalue weighted by molar-refractivity contribution is 4.60. The molecule has 62 valence electrons. The summed E-state index contributed by atoms with van der Waals surface area (Å²) in [5, 5.41) is 3.29. The number of hydrogen-bond acceptors (Lipinski definition) is 3. The monoisotopic (exact) mass is 145 g/mol. The van der Waals surface area contributed by atoms with Crippen LogP contribution >= 0.6 is 0 Å². The number of hydrogen-bond donors (Lipinski definition) is 3. The zero-order chi connectivity index (χ0) is 7.82. The van der Waals surface area contributed by atoms with Gasteiger partial charge in [0.15, 0.2) is 0 Å². The van der Waals surface area contributed by atoms with Crippen LogP contribution in [0.2, 0.25) is 0 Å². The van der Waals surface area contributed by atoms with E-state index in [0.717, 1.165) is 25.9 Å². The number of nitrogens with two attached hydrogens (primary N) is 2. The van der Waals surface area contributed by atoms with E-state index in [4.69, 9.17) is 11.5 Å². The van der Waals surface area contributed by atoms with Crippen LogP contribution < -0.4 is 16.8 Å². The van der Waals surface area contributed by atoms with Gasteiger partial charge >= 0.3 is 0 Å². The van der Waals surface area contributed by atoms with Crippen molar-refractivity contribution in [2.75, 3.05) is 19.6 Å². The van der Waals surface area contributed by atoms with Gasteiger partial charge in [-0.2, -0.15) is 0 Å². The summed E-state index contributed by atoms with van der Waals surface area (Å²) in [6.45, 7) is 4.57. The average molecular weight is 145 g/mol. The lowest BCUT2D eigenvalue weighted by atomic mass is 10.2. The summed E-state index contributed by atoms with van der Waals surface area (Å²) in [5.74, 6) is 0. The normalized spacial score (nSPS) is 13.5. The summed E-state index contributed by atoms with van der Waals surface area (Å²) in [5.41, 5.74) is 10.7. The number of rotatable bonds is 6. The van der Waals surface area contributed by atoms with Crippen LogP contribution in [0.4, 0.5) is 0 Å². The van der Waals surface area contributed by atoms with Crippen molar-refractivity contribution in [1.82, 2.24) is 5.32 Å². The van der Waals surface area contributed by atoms with Gasteiger partial charge in [0.1, 0.15) is 0 Å². The topological polar surface area (TPSA) is 64.1 Å². The second kappa shape index (κ2) is 6.99. The van der Waals surface area contributed by atoms with Crippen LogP contribution in [-0.2, 0) is 0 Å². The molecule has 0 heterocycles. The molecule has 0 amide bonds. The van der Waals surface area contributed by atoms with Gasteiger partial charge in [-0.25, -0.2) is 0 Å². The molecule has 0 aliphatic heterocycles. The van der Waals surface area contributed by atoms with Crippen molar-refractivity contribution in [3.63, 3.8) is 0 Å². The second-order valence-corrected chi connectivity index (χ2v) is 2.57. The molecule has 0 fully saturated rings. The van der Waals surface area contributed by atoms with Crippen LogP contribution in [0.1, 0.15) is 19.8 Å². The zero-order valence-corrected chi connectivity index (χ0v) is 6.77. The molecule has 0 aromatic rings. The first kappa shape index (κ1) is 9.88. The van der Waals surface area contributed by atoms with E-state index in [1.165, 1.54) is 0 Å². The van der Waals surface area contributed by atoms with Crippen molar-refractivity contribution in [3.05, 3.63) is 0 Å². The van der Waals surface area contributed by atoms with Gasteiger partial charge < -0.3 is 16.8 Å². The van der Waals surface area contributed by atoms with Crippen LogP contribution in [0.15, 0.2) is 0 Å². The third kappa shape index (κ3) is 6.01. The Morgan fingerprint density at radius 2 is 2.00 bits per heavy atom. The molecule has 0 spiro atoms. The molecule has 5 N–H and O–H groups in total. The summed E-state index contributed by atoms with van der Waals surface area (Å²) in [4.78, 5) is 0. The first-order valence-electron chi connectivity index (χ1n) is 3.94. The van der Waals surface area contributed by atoms with E-state index in [1.54, 1.807) is 0 Å². The van der Waals surface area contributed by atoms with Crippen LogP contribution in [0, 0.1) is 0 Å².